The van der Waals surface area contributed by atoms with Crippen LogP contribution in [0.4, 0.5) is 0 Å². The molecule has 0 heterocycles. The van der Waals surface area contributed by atoms with Gasteiger partial charge in [-0.25, -0.2) is 0 Å². The number of hydrogen-bond acceptors (Lipinski definition) is 3. The Morgan fingerprint density at radius 1 is 1.04 bits per heavy atom. The van der Waals surface area contributed by atoms with Crippen LogP contribution in [0.25, 0.3) is 0 Å². The molecule has 0 spiro atoms. The molecule has 4 aliphatic carbocycles. The maximum atomic E-state index is 13.1. The number of rotatable bonds is 7. The van der Waals surface area contributed by atoms with Gasteiger partial charge in [-0.2, -0.15) is 0 Å². The number of carbonyl (C=O) groups is 2. The van der Waals surface area contributed by atoms with Crippen molar-refractivity contribution < 1.29 is 18.8 Å². The third-order valence-electron chi connectivity index (χ3n) is 6.95. The summed E-state index contributed by atoms with van der Waals surface area (Å²) in [7, 11) is 6.19. The zero-order valence-electron chi connectivity index (χ0n) is 19.1. The summed E-state index contributed by atoms with van der Waals surface area (Å²) in [5.74, 6) is 0.388. The zero-order chi connectivity index (χ0) is 21.0. The van der Waals surface area contributed by atoms with Gasteiger partial charge < -0.3 is 14.5 Å². The molecule has 0 radical (unpaired) electrons. The highest BCUT2D eigenvalue weighted by atomic mass is 16.5. The molecule has 2 unspecified atom stereocenters. The largest absolute Gasteiger partial charge is 0.456 e. The number of amides is 1. The highest BCUT2D eigenvalue weighted by Gasteiger charge is 2.60. The first kappa shape index (κ1) is 21.6. The topological polar surface area (TPSA) is 55.4 Å². The van der Waals surface area contributed by atoms with E-state index in [1.54, 1.807) is 0 Å². The number of hydrogen-bond donors (Lipinski definition) is 1. The average Bonchev–Trinajstić information content (AvgIpc) is 2.39. The molecule has 4 fully saturated rings. The van der Waals surface area contributed by atoms with Gasteiger partial charge in [-0.3, -0.25) is 9.59 Å². The van der Waals surface area contributed by atoms with Gasteiger partial charge in [-0.05, 0) is 55.3 Å². The van der Waals surface area contributed by atoms with Crippen molar-refractivity contribution in [2.75, 3.05) is 27.7 Å². The van der Waals surface area contributed by atoms with Crippen molar-refractivity contribution in [3.05, 3.63) is 0 Å². The van der Waals surface area contributed by atoms with E-state index in [0.29, 0.717) is 21.9 Å². The van der Waals surface area contributed by atoms with Crippen LogP contribution in [0.2, 0.25) is 0 Å². The minimum atomic E-state index is -0.380. The number of nitrogens with zero attached hydrogens (tertiary/aromatic N) is 1. The highest BCUT2D eigenvalue weighted by molar-refractivity contribution is 5.78. The predicted octanol–water partition coefficient (Wildman–Crippen LogP) is 3.52. The quantitative estimate of drug-likeness (QED) is 0.532. The minimum absolute atomic E-state index is 0.0455. The van der Waals surface area contributed by atoms with Gasteiger partial charge in [-0.15, -0.1) is 0 Å². The standard InChI is InChI=1S/C23H40N2O3/c1-16(2)20(27)28-18(12-25(5,6)7)8-19(26)24-23-11-17-9-21(3,14-23)13-22(4,10-17)15-23/h16-18H,8-15H2,1-7H3/p+1/t17?,18-,21?,22?,23?/m1/s1. The number of ether oxygens (including phenoxy) is 1. The fraction of sp³-hybridized carbons (Fsp3) is 0.913. The Labute approximate surface area is 171 Å². The lowest BCUT2D eigenvalue weighted by Gasteiger charge is -2.65. The number of likely N-dealkylation sites (N-methyl/N-ethyl adjacent to an activating group) is 1. The SMILES string of the molecule is CC(C)C(=O)O[C@H](CC(=O)NC12CC3CC(C)(CC(C)(C3)C1)C2)C[N+](C)(C)C. The molecule has 0 aromatic heterocycles. The number of nitrogens with one attached hydrogen (secondary N) is 1. The van der Waals surface area contributed by atoms with E-state index in [-0.39, 0.29) is 35.9 Å². The molecular weight excluding hydrogens is 352 g/mol. The molecule has 3 atom stereocenters. The first-order valence-electron chi connectivity index (χ1n) is 11.0. The van der Waals surface area contributed by atoms with E-state index in [4.69, 9.17) is 4.74 Å². The minimum Gasteiger partial charge on any atom is -0.456 e. The van der Waals surface area contributed by atoms with Crippen LogP contribution in [0.1, 0.15) is 72.6 Å². The van der Waals surface area contributed by atoms with E-state index in [1.807, 2.05) is 13.8 Å². The second-order valence-electron chi connectivity index (χ2n) is 12.3. The normalized spacial score (nSPS) is 37.8. The first-order chi connectivity index (χ1) is 12.7. The van der Waals surface area contributed by atoms with Gasteiger partial charge in [0.15, 0.2) is 6.10 Å². The first-order valence-corrected chi connectivity index (χ1v) is 11.0. The molecule has 4 rings (SSSR count). The molecule has 0 saturated heterocycles. The van der Waals surface area contributed by atoms with E-state index < -0.39 is 0 Å². The lowest BCUT2D eigenvalue weighted by molar-refractivity contribution is -0.873. The lowest BCUT2D eigenvalue weighted by Crippen LogP contribution is -2.65. The van der Waals surface area contributed by atoms with Crippen molar-refractivity contribution in [1.29, 1.82) is 0 Å². The molecule has 5 nitrogen and oxygen atoms in total. The second kappa shape index (κ2) is 7.00. The number of esters is 1. The maximum absolute atomic E-state index is 13.1. The summed E-state index contributed by atoms with van der Waals surface area (Å²) in [4.78, 5) is 25.2. The van der Waals surface area contributed by atoms with E-state index >= 15 is 0 Å². The van der Waals surface area contributed by atoms with Crippen molar-refractivity contribution in [1.82, 2.24) is 5.32 Å². The number of carbonyl (C=O) groups excluding carboxylic acids is 2. The Balaban J connectivity index is 1.68. The van der Waals surface area contributed by atoms with Gasteiger partial charge in [0, 0.05) is 5.54 Å². The van der Waals surface area contributed by atoms with Crippen molar-refractivity contribution in [3.63, 3.8) is 0 Å². The van der Waals surface area contributed by atoms with Gasteiger partial charge in [0.05, 0.1) is 33.5 Å². The molecule has 4 saturated carbocycles. The van der Waals surface area contributed by atoms with Crippen LogP contribution in [-0.2, 0) is 14.3 Å². The Bertz CT molecular complexity index is 618. The maximum Gasteiger partial charge on any atom is 0.308 e. The summed E-state index contributed by atoms with van der Waals surface area (Å²) in [6.45, 7) is 9.14. The van der Waals surface area contributed by atoms with E-state index in [2.05, 4.69) is 40.3 Å². The Hall–Kier alpha value is -1.10. The summed E-state index contributed by atoms with van der Waals surface area (Å²) in [6, 6.07) is 0. The molecule has 0 aromatic carbocycles. The Morgan fingerprint density at radius 3 is 2.07 bits per heavy atom. The van der Waals surface area contributed by atoms with E-state index in [0.717, 1.165) is 25.2 Å². The van der Waals surface area contributed by atoms with E-state index in [1.165, 1.54) is 19.3 Å². The van der Waals surface area contributed by atoms with Gasteiger partial charge in [0.25, 0.3) is 0 Å². The van der Waals surface area contributed by atoms with Crippen molar-refractivity contribution >= 4 is 11.9 Å². The summed E-state index contributed by atoms with van der Waals surface area (Å²) in [5.41, 5.74) is 0.684. The van der Waals surface area contributed by atoms with Crippen molar-refractivity contribution in [2.24, 2.45) is 22.7 Å². The Morgan fingerprint density at radius 2 is 1.61 bits per heavy atom. The number of quaternary nitrogens is 1. The van der Waals surface area contributed by atoms with Crippen molar-refractivity contribution in [2.45, 2.75) is 84.3 Å². The van der Waals surface area contributed by atoms with Crippen LogP contribution in [0, 0.1) is 22.7 Å². The smallest absolute Gasteiger partial charge is 0.308 e. The van der Waals surface area contributed by atoms with Crippen LogP contribution in [0.15, 0.2) is 0 Å². The lowest BCUT2D eigenvalue weighted by atomic mass is 9.43. The van der Waals surface area contributed by atoms with Crippen LogP contribution < -0.4 is 5.32 Å². The molecule has 1 amide bonds. The molecule has 1 N–H and O–H groups in total. The molecule has 4 bridgehead atoms. The van der Waals surface area contributed by atoms with Gasteiger partial charge >= 0.3 is 5.97 Å². The molecular formula is C23H41N2O3+. The summed E-state index contributed by atoms with van der Waals surface area (Å²) in [6.07, 6.45) is 7.13. The third kappa shape index (κ3) is 4.90. The second-order valence-corrected chi connectivity index (χ2v) is 12.3. The summed E-state index contributed by atoms with van der Waals surface area (Å²) in [5, 5.41) is 3.46. The van der Waals surface area contributed by atoms with Gasteiger partial charge in [-0.1, -0.05) is 27.7 Å². The van der Waals surface area contributed by atoms with Crippen LogP contribution in [0.3, 0.4) is 0 Å². The summed E-state index contributed by atoms with van der Waals surface area (Å²) >= 11 is 0. The van der Waals surface area contributed by atoms with Crippen molar-refractivity contribution in [3.8, 4) is 0 Å². The van der Waals surface area contributed by atoms with E-state index in [9.17, 15) is 9.59 Å². The molecule has 160 valence electrons. The average molecular weight is 394 g/mol. The fourth-order valence-corrected chi connectivity index (χ4v) is 7.20. The molecule has 4 aliphatic rings. The highest BCUT2D eigenvalue weighted by Crippen LogP contribution is 2.66. The Kier molecular flexibility index (Phi) is 5.40. The third-order valence-corrected chi connectivity index (χ3v) is 6.95. The predicted molar refractivity (Wildman–Crippen MR) is 111 cm³/mol. The monoisotopic (exact) mass is 393 g/mol. The zero-order valence-corrected chi connectivity index (χ0v) is 19.1. The summed E-state index contributed by atoms with van der Waals surface area (Å²) < 4.78 is 6.36. The molecule has 0 aliphatic heterocycles. The molecule has 0 aromatic rings. The van der Waals surface area contributed by atoms with Crippen LogP contribution >= 0.6 is 0 Å². The van der Waals surface area contributed by atoms with Crippen LogP contribution in [-0.4, -0.2) is 55.7 Å². The molecule has 28 heavy (non-hydrogen) atoms. The van der Waals surface area contributed by atoms with Crippen LogP contribution in [0.5, 0.6) is 0 Å². The van der Waals surface area contributed by atoms with Gasteiger partial charge in [0.2, 0.25) is 5.91 Å². The van der Waals surface area contributed by atoms with Gasteiger partial charge in [0.1, 0.15) is 6.54 Å². The molecule has 5 heteroatoms. The fourth-order valence-electron chi connectivity index (χ4n) is 7.20.